The van der Waals surface area contributed by atoms with E-state index in [0.717, 1.165) is 36.8 Å². The van der Waals surface area contributed by atoms with Crippen LogP contribution in [0.1, 0.15) is 25.3 Å². The summed E-state index contributed by atoms with van der Waals surface area (Å²) in [4.78, 5) is 4.05. The molecule has 1 N–H and O–H groups in total. The van der Waals surface area contributed by atoms with Gasteiger partial charge in [-0.1, -0.05) is 6.92 Å². The van der Waals surface area contributed by atoms with Crippen molar-refractivity contribution in [1.82, 2.24) is 4.98 Å². The smallest absolute Gasteiger partial charge is 0.230 e. The molecular formula is C11H16N2O3S. The molecule has 0 amide bonds. The number of aryl methyl sites for hydroxylation is 1. The minimum atomic E-state index is -3.29. The molecule has 94 valence electrons. The molecule has 1 aromatic rings. The van der Waals surface area contributed by atoms with Crippen LogP contribution in [0.5, 0.6) is 5.75 Å². The number of sulfonamides is 1. The van der Waals surface area contributed by atoms with Crippen LogP contribution in [0.3, 0.4) is 0 Å². The second kappa shape index (κ2) is 4.52. The Labute approximate surface area is 101 Å². The molecule has 0 unspecified atom stereocenters. The third-order valence-electron chi connectivity index (χ3n) is 2.43. The molecule has 0 bridgehead atoms. The number of nitrogens with one attached hydrogen (secondary N) is 1. The van der Waals surface area contributed by atoms with E-state index in [1.165, 1.54) is 0 Å². The molecule has 0 aliphatic heterocycles. The average molecular weight is 256 g/mol. The van der Waals surface area contributed by atoms with Gasteiger partial charge in [-0.05, 0) is 19.3 Å². The van der Waals surface area contributed by atoms with Crippen molar-refractivity contribution in [3.8, 4) is 5.75 Å². The molecule has 0 saturated heterocycles. The molecule has 0 radical (unpaired) electrons. The quantitative estimate of drug-likeness (QED) is 0.868. The largest absolute Gasteiger partial charge is 0.490 e. The average Bonchev–Trinajstić information content (AvgIpc) is 3.00. The fourth-order valence-corrected chi connectivity index (χ4v) is 1.94. The Bertz CT molecular complexity index is 509. The van der Waals surface area contributed by atoms with Crippen LogP contribution in [-0.4, -0.2) is 25.8 Å². The highest BCUT2D eigenvalue weighted by atomic mass is 32.2. The number of hydrogen-bond donors (Lipinski definition) is 1. The first-order chi connectivity index (χ1) is 7.98. The van der Waals surface area contributed by atoms with Crippen molar-refractivity contribution in [1.29, 1.82) is 0 Å². The van der Waals surface area contributed by atoms with Gasteiger partial charge in [-0.25, -0.2) is 13.4 Å². The summed E-state index contributed by atoms with van der Waals surface area (Å²) in [7, 11) is -3.29. The summed E-state index contributed by atoms with van der Waals surface area (Å²) in [5.74, 6) is 1.04. The number of anilines is 1. The van der Waals surface area contributed by atoms with Gasteiger partial charge in [0.25, 0.3) is 0 Å². The normalized spacial score (nSPS) is 15.6. The third kappa shape index (κ3) is 3.59. The van der Waals surface area contributed by atoms with E-state index in [1.807, 2.05) is 6.92 Å². The van der Waals surface area contributed by atoms with E-state index in [9.17, 15) is 8.42 Å². The molecule has 1 aliphatic rings. The third-order valence-corrected chi connectivity index (χ3v) is 3.01. The van der Waals surface area contributed by atoms with Crippen molar-refractivity contribution in [3.05, 3.63) is 17.8 Å². The molecule has 6 heteroatoms. The molecule has 17 heavy (non-hydrogen) atoms. The fraction of sp³-hybridized carbons (Fsp3) is 0.545. The molecule has 0 atom stereocenters. The number of hydrogen-bond acceptors (Lipinski definition) is 4. The van der Waals surface area contributed by atoms with Crippen molar-refractivity contribution in [3.63, 3.8) is 0 Å². The summed E-state index contributed by atoms with van der Waals surface area (Å²) in [6.07, 6.45) is 6.00. The molecule has 1 fully saturated rings. The molecule has 1 heterocycles. The van der Waals surface area contributed by atoms with Crippen molar-refractivity contribution < 1.29 is 13.2 Å². The molecule has 0 spiro atoms. The van der Waals surface area contributed by atoms with E-state index < -0.39 is 10.0 Å². The zero-order valence-electron chi connectivity index (χ0n) is 9.93. The van der Waals surface area contributed by atoms with Gasteiger partial charge in [0.1, 0.15) is 11.6 Å². The summed E-state index contributed by atoms with van der Waals surface area (Å²) < 4.78 is 30.3. The minimum absolute atomic E-state index is 0.286. The Balaban J connectivity index is 2.23. The Morgan fingerprint density at radius 1 is 1.53 bits per heavy atom. The van der Waals surface area contributed by atoms with Gasteiger partial charge in [-0.15, -0.1) is 0 Å². The molecular weight excluding hydrogens is 240 g/mol. The number of rotatable bonds is 5. The van der Waals surface area contributed by atoms with Crippen LogP contribution in [0, 0.1) is 0 Å². The van der Waals surface area contributed by atoms with Crippen molar-refractivity contribution in [2.45, 2.75) is 32.3 Å². The van der Waals surface area contributed by atoms with Crippen LogP contribution in [0.25, 0.3) is 0 Å². The molecule has 2 rings (SSSR count). The predicted octanol–water partition coefficient (Wildman–Crippen LogP) is 1.56. The number of pyridine rings is 1. The molecule has 0 aromatic carbocycles. The maximum Gasteiger partial charge on any atom is 0.230 e. The lowest BCUT2D eigenvalue weighted by Crippen LogP contribution is -2.11. The topological polar surface area (TPSA) is 68.3 Å². The van der Waals surface area contributed by atoms with Gasteiger partial charge in [0.05, 0.1) is 12.4 Å². The van der Waals surface area contributed by atoms with E-state index >= 15 is 0 Å². The predicted molar refractivity (Wildman–Crippen MR) is 65.7 cm³/mol. The fourth-order valence-electron chi connectivity index (χ4n) is 1.45. The highest BCUT2D eigenvalue weighted by molar-refractivity contribution is 7.92. The van der Waals surface area contributed by atoms with Gasteiger partial charge in [-0.3, -0.25) is 4.72 Å². The van der Waals surface area contributed by atoms with E-state index in [-0.39, 0.29) is 6.10 Å². The van der Waals surface area contributed by atoms with Gasteiger partial charge in [0, 0.05) is 17.8 Å². The monoisotopic (exact) mass is 256 g/mol. The van der Waals surface area contributed by atoms with Crippen LogP contribution in [0.2, 0.25) is 0 Å². The second-order valence-electron chi connectivity index (χ2n) is 4.22. The molecule has 1 aromatic heterocycles. The van der Waals surface area contributed by atoms with Crippen LogP contribution in [0.4, 0.5) is 5.82 Å². The molecule has 1 aliphatic carbocycles. The van der Waals surface area contributed by atoms with E-state index in [4.69, 9.17) is 4.74 Å². The SMILES string of the molecule is CCc1cnc(NS(C)(=O)=O)cc1OC1CC1. The number of ether oxygens (including phenoxy) is 1. The van der Waals surface area contributed by atoms with E-state index in [1.54, 1.807) is 12.3 Å². The zero-order chi connectivity index (χ0) is 12.5. The minimum Gasteiger partial charge on any atom is -0.490 e. The lowest BCUT2D eigenvalue weighted by Gasteiger charge is -2.11. The Hall–Kier alpha value is -1.30. The van der Waals surface area contributed by atoms with Gasteiger partial charge >= 0.3 is 0 Å². The zero-order valence-corrected chi connectivity index (χ0v) is 10.8. The summed E-state index contributed by atoms with van der Waals surface area (Å²) >= 11 is 0. The lowest BCUT2D eigenvalue weighted by molar-refractivity contribution is 0.300. The molecule has 1 saturated carbocycles. The Kier molecular flexibility index (Phi) is 3.24. The first-order valence-electron chi connectivity index (χ1n) is 5.61. The highest BCUT2D eigenvalue weighted by Gasteiger charge is 2.24. The highest BCUT2D eigenvalue weighted by Crippen LogP contribution is 2.30. The second-order valence-corrected chi connectivity index (χ2v) is 5.97. The van der Waals surface area contributed by atoms with Crippen molar-refractivity contribution in [2.24, 2.45) is 0 Å². The standard InChI is InChI=1S/C11H16N2O3S/c1-3-8-7-12-11(13-17(2,14)15)6-10(8)16-9-4-5-9/h6-7,9H,3-5H2,1-2H3,(H,12,13). The van der Waals surface area contributed by atoms with Crippen molar-refractivity contribution in [2.75, 3.05) is 11.0 Å². The van der Waals surface area contributed by atoms with Crippen LogP contribution in [0.15, 0.2) is 12.3 Å². The van der Waals surface area contributed by atoms with Gasteiger partial charge in [-0.2, -0.15) is 0 Å². The number of nitrogens with zero attached hydrogens (tertiary/aromatic N) is 1. The maximum atomic E-state index is 11.1. The summed E-state index contributed by atoms with van der Waals surface area (Å²) in [5, 5.41) is 0. The Morgan fingerprint density at radius 2 is 2.24 bits per heavy atom. The van der Waals surface area contributed by atoms with E-state index in [2.05, 4.69) is 9.71 Å². The van der Waals surface area contributed by atoms with Crippen LogP contribution in [-0.2, 0) is 16.4 Å². The molecule has 5 nitrogen and oxygen atoms in total. The lowest BCUT2D eigenvalue weighted by atomic mass is 10.2. The first-order valence-corrected chi connectivity index (χ1v) is 7.50. The van der Waals surface area contributed by atoms with Crippen LogP contribution < -0.4 is 9.46 Å². The number of aromatic nitrogens is 1. The van der Waals surface area contributed by atoms with Crippen molar-refractivity contribution >= 4 is 15.8 Å². The summed E-state index contributed by atoms with van der Waals surface area (Å²) in [5.41, 5.74) is 0.996. The summed E-state index contributed by atoms with van der Waals surface area (Å²) in [6, 6.07) is 1.65. The van der Waals surface area contributed by atoms with Gasteiger partial charge in [0.15, 0.2) is 0 Å². The van der Waals surface area contributed by atoms with Gasteiger partial charge < -0.3 is 4.74 Å². The maximum absolute atomic E-state index is 11.1. The van der Waals surface area contributed by atoms with E-state index in [0.29, 0.717) is 5.82 Å². The Morgan fingerprint density at radius 3 is 2.76 bits per heavy atom. The first kappa shape index (κ1) is 12.2. The summed E-state index contributed by atoms with van der Waals surface area (Å²) in [6.45, 7) is 2.01. The van der Waals surface area contributed by atoms with Gasteiger partial charge in [0.2, 0.25) is 10.0 Å². The van der Waals surface area contributed by atoms with Crippen LogP contribution >= 0.6 is 0 Å².